The Morgan fingerprint density at radius 2 is 2.37 bits per heavy atom. The minimum Gasteiger partial charge on any atom is -0.397 e. The van der Waals surface area contributed by atoms with Crippen LogP contribution in [0.4, 0.5) is 11.4 Å². The smallest absolute Gasteiger partial charge is 0.234 e. The van der Waals surface area contributed by atoms with Gasteiger partial charge in [0.25, 0.3) is 0 Å². The first-order valence-corrected chi connectivity index (χ1v) is 6.74. The van der Waals surface area contributed by atoms with Crippen molar-refractivity contribution in [2.75, 3.05) is 16.8 Å². The van der Waals surface area contributed by atoms with Crippen LogP contribution in [0.15, 0.2) is 29.7 Å². The fourth-order valence-electron chi connectivity index (χ4n) is 1.35. The molecule has 0 unspecified atom stereocenters. The van der Waals surface area contributed by atoms with Crippen LogP contribution in [0, 0.1) is 0 Å². The fourth-order valence-corrected chi connectivity index (χ4v) is 2.16. The third-order valence-electron chi connectivity index (χ3n) is 2.28. The largest absolute Gasteiger partial charge is 0.397 e. The Labute approximate surface area is 119 Å². The number of hydrogen-bond acceptors (Lipinski definition) is 5. The van der Waals surface area contributed by atoms with Gasteiger partial charge in [0.05, 0.1) is 16.5 Å². The average molecular weight is 298 g/mol. The summed E-state index contributed by atoms with van der Waals surface area (Å²) in [6, 6.07) is 4.96. The van der Waals surface area contributed by atoms with Gasteiger partial charge in [0.2, 0.25) is 5.91 Å². The van der Waals surface area contributed by atoms with Crippen molar-refractivity contribution >= 4 is 40.6 Å². The van der Waals surface area contributed by atoms with Crippen LogP contribution >= 0.6 is 23.4 Å². The highest BCUT2D eigenvalue weighted by Crippen LogP contribution is 2.22. The minimum absolute atomic E-state index is 0.144. The summed E-state index contributed by atoms with van der Waals surface area (Å²) < 4.78 is 1.75. The summed E-state index contributed by atoms with van der Waals surface area (Å²) >= 11 is 7.11. The third-order valence-corrected chi connectivity index (χ3v) is 3.66. The molecule has 1 aromatic heterocycles. The van der Waals surface area contributed by atoms with E-state index in [2.05, 4.69) is 15.5 Å². The number of thioether (sulfide) groups is 1. The molecule has 100 valence electrons. The van der Waals surface area contributed by atoms with E-state index in [1.165, 1.54) is 11.8 Å². The van der Waals surface area contributed by atoms with Crippen molar-refractivity contribution in [2.24, 2.45) is 7.05 Å². The van der Waals surface area contributed by atoms with Gasteiger partial charge in [-0.1, -0.05) is 23.4 Å². The second-order valence-corrected chi connectivity index (χ2v) is 5.15. The van der Waals surface area contributed by atoms with E-state index in [0.29, 0.717) is 21.6 Å². The predicted octanol–water partition coefficient (Wildman–Crippen LogP) is 1.78. The van der Waals surface area contributed by atoms with Crippen molar-refractivity contribution in [1.29, 1.82) is 0 Å². The monoisotopic (exact) mass is 297 g/mol. The van der Waals surface area contributed by atoms with Gasteiger partial charge in [-0.05, 0) is 18.2 Å². The molecular formula is C11H12ClN5OS. The maximum atomic E-state index is 11.8. The Morgan fingerprint density at radius 1 is 1.58 bits per heavy atom. The first kappa shape index (κ1) is 13.7. The number of nitrogens with zero attached hydrogens (tertiary/aromatic N) is 3. The first-order valence-electron chi connectivity index (χ1n) is 5.38. The van der Waals surface area contributed by atoms with E-state index in [9.17, 15) is 4.79 Å². The normalized spacial score (nSPS) is 10.4. The molecule has 0 aliphatic heterocycles. The molecule has 0 aliphatic rings. The number of hydrogen-bond donors (Lipinski definition) is 2. The Balaban J connectivity index is 1.91. The highest BCUT2D eigenvalue weighted by molar-refractivity contribution is 7.99. The van der Waals surface area contributed by atoms with E-state index in [4.69, 9.17) is 17.3 Å². The lowest BCUT2D eigenvalue weighted by Crippen LogP contribution is -2.14. The van der Waals surface area contributed by atoms with Gasteiger partial charge in [0.1, 0.15) is 6.33 Å². The number of carbonyl (C=O) groups is 1. The first-order chi connectivity index (χ1) is 9.06. The molecular weight excluding hydrogens is 286 g/mol. The highest BCUT2D eigenvalue weighted by Gasteiger charge is 2.08. The highest BCUT2D eigenvalue weighted by atomic mass is 35.5. The summed E-state index contributed by atoms with van der Waals surface area (Å²) in [4.78, 5) is 11.8. The predicted molar refractivity (Wildman–Crippen MR) is 76.2 cm³/mol. The van der Waals surface area contributed by atoms with Crippen molar-refractivity contribution < 1.29 is 4.79 Å². The van der Waals surface area contributed by atoms with E-state index >= 15 is 0 Å². The van der Waals surface area contributed by atoms with Crippen molar-refractivity contribution in [3.8, 4) is 0 Å². The Bertz CT molecular complexity index is 601. The number of nitrogens with one attached hydrogen (secondary N) is 1. The fraction of sp³-hybridized carbons (Fsp3) is 0.182. The summed E-state index contributed by atoms with van der Waals surface area (Å²) in [6.07, 6.45) is 1.58. The van der Waals surface area contributed by atoms with Crippen molar-refractivity contribution in [3.05, 3.63) is 29.5 Å². The molecule has 8 heteroatoms. The standard InChI is InChI=1S/C11H12ClN5OS/c1-17-6-14-16-11(17)19-5-10(18)15-7-2-3-8(12)9(13)4-7/h2-4,6H,5,13H2,1H3,(H,15,18). The molecule has 6 nitrogen and oxygen atoms in total. The lowest BCUT2D eigenvalue weighted by Gasteiger charge is -2.06. The molecule has 0 bridgehead atoms. The zero-order chi connectivity index (χ0) is 13.8. The van der Waals surface area contributed by atoms with Crippen LogP contribution < -0.4 is 11.1 Å². The number of nitrogens with two attached hydrogens (primary N) is 1. The SMILES string of the molecule is Cn1cnnc1SCC(=O)Nc1ccc(Cl)c(N)c1. The number of halogens is 1. The lowest BCUT2D eigenvalue weighted by molar-refractivity contribution is -0.113. The average Bonchev–Trinajstić information content (AvgIpc) is 2.77. The van der Waals surface area contributed by atoms with Gasteiger partial charge in [-0.2, -0.15) is 0 Å². The molecule has 0 spiro atoms. The van der Waals surface area contributed by atoms with Gasteiger partial charge < -0.3 is 15.6 Å². The number of aryl methyl sites for hydroxylation is 1. The molecule has 2 aromatic rings. The van der Waals surface area contributed by atoms with E-state index in [1.54, 1.807) is 29.1 Å². The second-order valence-electron chi connectivity index (χ2n) is 3.80. The minimum atomic E-state index is -0.144. The van der Waals surface area contributed by atoms with Gasteiger partial charge in [0.15, 0.2) is 5.16 Å². The molecule has 0 saturated carbocycles. The number of benzene rings is 1. The van der Waals surface area contributed by atoms with Crippen molar-refractivity contribution in [2.45, 2.75) is 5.16 Å². The maximum Gasteiger partial charge on any atom is 0.234 e. The molecule has 2 rings (SSSR count). The number of rotatable bonds is 4. The van der Waals surface area contributed by atoms with E-state index in [-0.39, 0.29) is 11.7 Å². The van der Waals surface area contributed by atoms with Crippen molar-refractivity contribution in [3.63, 3.8) is 0 Å². The number of anilines is 2. The molecule has 0 radical (unpaired) electrons. The lowest BCUT2D eigenvalue weighted by atomic mass is 10.3. The zero-order valence-corrected chi connectivity index (χ0v) is 11.7. The molecule has 1 amide bonds. The number of nitrogen functional groups attached to an aromatic ring is 1. The van der Waals surface area contributed by atoms with Gasteiger partial charge >= 0.3 is 0 Å². The summed E-state index contributed by atoms with van der Waals surface area (Å²) in [5.41, 5.74) is 6.70. The zero-order valence-electron chi connectivity index (χ0n) is 10.1. The number of aromatic nitrogens is 3. The molecule has 1 heterocycles. The van der Waals surface area contributed by atoms with E-state index in [1.807, 2.05) is 7.05 Å². The van der Waals surface area contributed by atoms with Gasteiger partial charge in [-0.25, -0.2) is 0 Å². The quantitative estimate of drug-likeness (QED) is 0.663. The Morgan fingerprint density at radius 3 is 3.00 bits per heavy atom. The second kappa shape index (κ2) is 5.94. The van der Waals surface area contributed by atoms with Gasteiger partial charge in [-0.3, -0.25) is 4.79 Å². The van der Waals surface area contributed by atoms with Crippen LogP contribution in [-0.4, -0.2) is 26.4 Å². The van der Waals surface area contributed by atoms with E-state index in [0.717, 1.165) is 0 Å². The van der Waals surface area contributed by atoms with E-state index < -0.39 is 0 Å². The van der Waals surface area contributed by atoms with Crippen LogP contribution in [0.3, 0.4) is 0 Å². The van der Waals surface area contributed by atoms with Gasteiger partial charge in [-0.15, -0.1) is 10.2 Å². The molecule has 0 fully saturated rings. The van der Waals surface area contributed by atoms with Gasteiger partial charge in [0, 0.05) is 12.7 Å². The third kappa shape index (κ3) is 3.62. The summed E-state index contributed by atoms with van der Waals surface area (Å²) in [5, 5.41) is 11.5. The molecule has 0 saturated heterocycles. The summed E-state index contributed by atoms with van der Waals surface area (Å²) in [6.45, 7) is 0. The molecule has 0 atom stereocenters. The maximum absolute atomic E-state index is 11.8. The topological polar surface area (TPSA) is 85.8 Å². The molecule has 1 aromatic carbocycles. The number of carbonyl (C=O) groups excluding carboxylic acids is 1. The van der Waals surface area contributed by atoms with Crippen molar-refractivity contribution in [1.82, 2.24) is 14.8 Å². The van der Waals surface area contributed by atoms with Crippen LogP contribution in [0.2, 0.25) is 5.02 Å². The summed E-state index contributed by atoms with van der Waals surface area (Å²) in [5.74, 6) is 0.101. The molecule has 19 heavy (non-hydrogen) atoms. The summed E-state index contributed by atoms with van der Waals surface area (Å²) in [7, 11) is 1.82. The Kier molecular flexibility index (Phi) is 4.28. The molecule has 3 N–H and O–H groups in total. The van der Waals surface area contributed by atoms with Crippen LogP contribution in [-0.2, 0) is 11.8 Å². The Hall–Kier alpha value is -1.73. The van der Waals surface area contributed by atoms with Crippen LogP contribution in [0.5, 0.6) is 0 Å². The molecule has 0 aliphatic carbocycles. The van der Waals surface area contributed by atoms with Crippen LogP contribution in [0.1, 0.15) is 0 Å². The number of amides is 1. The van der Waals surface area contributed by atoms with Crippen LogP contribution in [0.25, 0.3) is 0 Å².